The minimum atomic E-state index is 0.856. The molecule has 2 aliphatic rings. The van der Waals surface area contributed by atoms with E-state index in [1.165, 1.54) is 41.9 Å². The van der Waals surface area contributed by atoms with E-state index in [9.17, 15) is 0 Å². The highest BCUT2D eigenvalue weighted by molar-refractivity contribution is 7.15. The van der Waals surface area contributed by atoms with Crippen LogP contribution >= 0.6 is 11.3 Å². The summed E-state index contributed by atoms with van der Waals surface area (Å²) in [4.78, 5) is 8.48. The monoisotopic (exact) mass is 223 g/mol. The van der Waals surface area contributed by atoms with Gasteiger partial charge in [0.2, 0.25) is 0 Å². The molecule has 2 saturated heterocycles. The minimum absolute atomic E-state index is 0.856. The van der Waals surface area contributed by atoms with Crippen molar-refractivity contribution in [3.05, 3.63) is 10.6 Å². The van der Waals surface area contributed by atoms with Gasteiger partial charge in [-0.25, -0.2) is 4.98 Å². The predicted octanol–water partition coefficient (Wildman–Crippen LogP) is 1.42. The van der Waals surface area contributed by atoms with Gasteiger partial charge < -0.3 is 10.2 Å². The van der Waals surface area contributed by atoms with E-state index in [1.807, 2.05) is 11.3 Å². The quantitative estimate of drug-likeness (QED) is 0.780. The highest BCUT2D eigenvalue weighted by Crippen LogP contribution is 2.33. The van der Waals surface area contributed by atoms with E-state index >= 15 is 0 Å². The van der Waals surface area contributed by atoms with Gasteiger partial charge in [0.25, 0.3) is 0 Å². The molecule has 0 aromatic carbocycles. The summed E-state index contributed by atoms with van der Waals surface area (Å²) in [5.41, 5.74) is 1.20. The van der Waals surface area contributed by atoms with Gasteiger partial charge >= 0.3 is 0 Å². The minimum Gasteiger partial charge on any atom is -0.347 e. The summed E-state index contributed by atoms with van der Waals surface area (Å²) >= 11 is 1.84. The third-order valence-corrected chi connectivity index (χ3v) is 4.81. The zero-order valence-electron chi connectivity index (χ0n) is 9.29. The van der Waals surface area contributed by atoms with E-state index in [4.69, 9.17) is 0 Å². The molecule has 0 bridgehead atoms. The van der Waals surface area contributed by atoms with Gasteiger partial charge in [-0.3, -0.25) is 0 Å². The maximum absolute atomic E-state index is 4.64. The first-order valence-corrected chi connectivity index (χ1v) is 6.45. The first kappa shape index (κ1) is 9.60. The Bertz CT molecular complexity index is 342. The molecule has 2 fully saturated rings. The highest BCUT2D eigenvalue weighted by atomic mass is 32.1. The Morgan fingerprint density at radius 3 is 2.47 bits per heavy atom. The first-order valence-electron chi connectivity index (χ1n) is 5.63. The molecule has 3 nitrogen and oxygen atoms in total. The molecule has 0 spiro atoms. The lowest BCUT2D eigenvalue weighted by Crippen LogP contribution is -2.25. The molecule has 0 amide bonds. The van der Waals surface area contributed by atoms with Crippen LogP contribution in [-0.4, -0.2) is 31.2 Å². The maximum Gasteiger partial charge on any atom is 0.185 e. The van der Waals surface area contributed by atoms with Gasteiger partial charge in [0, 0.05) is 31.1 Å². The largest absolute Gasteiger partial charge is 0.347 e. The van der Waals surface area contributed by atoms with Crippen molar-refractivity contribution in [2.24, 2.45) is 11.8 Å². The number of thiazole rings is 1. The van der Waals surface area contributed by atoms with Crippen LogP contribution in [0.25, 0.3) is 0 Å². The topological polar surface area (TPSA) is 28.2 Å². The summed E-state index contributed by atoms with van der Waals surface area (Å²) in [5.74, 6) is 1.71. The number of aryl methyl sites for hydroxylation is 2. The number of rotatable bonds is 1. The number of hydrogen-bond donors (Lipinski definition) is 1. The fourth-order valence-electron chi connectivity index (χ4n) is 2.60. The predicted molar refractivity (Wildman–Crippen MR) is 63.7 cm³/mol. The van der Waals surface area contributed by atoms with Crippen molar-refractivity contribution in [2.75, 3.05) is 31.1 Å². The van der Waals surface area contributed by atoms with Crippen LogP contribution in [0.5, 0.6) is 0 Å². The average Bonchev–Trinajstić information content (AvgIpc) is 2.80. The number of fused-ring (bicyclic) bond motifs is 1. The smallest absolute Gasteiger partial charge is 0.185 e. The van der Waals surface area contributed by atoms with E-state index in [0.717, 1.165) is 11.8 Å². The SMILES string of the molecule is Cc1nc(N2CC3CNCC3C2)sc1C. The molecule has 3 rings (SSSR count). The lowest BCUT2D eigenvalue weighted by Gasteiger charge is -2.15. The van der Waals surface area contributed by atoms with Crippen molar-refractivity contribution < 1.29 is 0 Å². The summed E-state index contributed by atoms with van der Waals surface area (Å²) in [7, 11) is 0. The number of hydrogen-bond acceptors (Lipinski definition) is 4. The van der Waals surface area contributed by atoms with E-state index in [1.54, 1.807) is 0 Å². The fraction of sp³-hybridized carbons (Fsp3) is 0.727. The molecular weight excluding hydrogens is 206 g/mol. The Kier molecular flexibility index (Phi) is 2.21. The van der Waals surface area contributed by atoms with Crippen LogP contribution in [0, 0.1) is 25.7 Å². The second-order valence-electron chi connectivity index (χ2n) is 4.72. The Labute approximate surface area is 94.5 Å². The second-order valence-corrected chi connectivity index (χ2v) is 5.90. The molecule has 2 unspecified atom stereocenters. The Balaban J connectivity index is 1.79. The van der Waals surface area contributed by atoms with E-state index in [2.05, 4.69) is 29.0 Å². The average molecular weight is 223 g/mol. The molecule has 0 saturated carbocycles. The first-order chi connectivity index (χ1) is 7.24. The summed E-state index contributed by atoms with van der Waals surface area (Å²) < 4.78 is 0. The van der Waals surface area contributed by atoms with Crippen molar-refractivity contribution in [2.45, 2.75) is 13.8 Å². The van der Waals surface area contributed by atoms with Crippen LogP contribution in [0.2, 0.25) is 0 Å². The van der Waals surface area contributed by atoms with Crippen LogP contribution in [0.3, 0.4) is 0 Å². The van der Waals surface area contributed by atoms with E-state index in [0.29, 0.717) is 0 Å². The van der Waals surface area contributed by atoms with E-state index in [-0.39, 0.29) is 0 Å². The van der Waals surface area contributed by atoms with Gasteiger partial charge in [-0.05, 0) is 25.7 Å². The Hall–Kier alpha value is -0.610. The molecule has 3 heterocycles. The Morgan fingerprint density at radius 2 is 1.93 bits per heavy atom. The number of nitrogens with one attached hydrogen (secondary N) is 1. The summed E-state index contributed by atoms with van der Waals surface area (Å²) in [6.45, 7) is 9.06. The molecule has 0 radical (unpaired) electrons. The van der Waals surface area contributed by atoms with Crippen molar-refractivity contribution in [3.63, 3.8) is 0 Å². The lowest BCUT2D eigenvalue weighted by atomic mass is 10.0. The van der Waals surface area contributed by atoms with Crippen molar-refractivity contribution in [1.29, 1.82) is 0 Å². The Morgan fingerprint density at radius 1 is 1.27 bits per heavy atom. The number of anilines is 1. The third-order valence-electron chi connectivity index (χ3n) is 3.68. The van der Waals surface area contributed by atoms with Crippen LogP contribution in [0.4, 0.5) is 5.13 Å². The second kappa shape index (κ2) is 3.46. The van der Waals surface area contributed by atoms with Crippen LogP contribution in [0.15, 0.2) is 0 Å². The third kappa shape index (κ3) is 1.56. The molecular formula is C11H17N3S. The normalized spacial score (nSPS) is 29.9. The lowest BCUT2D eigenvalue weighted by molar-refractivity contribution is 0.533. The molecule has 2 aliphatic heterocycles. The molecule has 0 aliphatic carbocycles. The molecule has 1 aromatic rings. The summed E-state index contributed by atoms with van der Waals surface area (Å²) in [6.07, 6.45) is 0. The zero-order valence-corrected chi connectivity index (χ0v) is 10.1. The van der Waals surface area contributed by atoms with Gasteiger partial charge in [0.15, 0.2) is 5.13 Å². The molecule has 1 N–H and O–H groups in total. The van der Waals surface area contributed by atoms with Crippen molar-refractivity contribution >= 4 is 16.5 Å². The molecule has 15 heavy (non-hydrogen) atoms. The fourth-order valence-corrected chi connectivity index (χ4v) is 3.53. The highest BCUT2D eigenvalue weighted by Gasteiger charge is 2.37. The van der Waals surface area contributed by atoms with Crippen LogP contribution in [-0.2, 0) is 0 Å². The van der Waals surface area contributed by atoms with Gasteiger partial charge in [0.05, 0.1) is 5.69 Å². The molecule has 1 aromatic heterocycles. The van der Waals surface area contributed by atoms with Crippen molar-refractivity contribution in [3.8, 4) is 0 Å². The number of nitrogens with zero attached hydrogens (tertiary/aromatic N) is 2. The maximum atomic E-state index is 4.64. The van der Waals surface area contributed by atoms with Crippen molar-refractivity contribution in [1.82, 2.24) is 10.3 Å². The number of aromatic nitrogens is 1. The molecule has 2 atom stereocenters. The van der Waals surface area contributed by atoms with Gasteiger partial charge in [-0.2, -0.15) is 0 Å². The van der Waals surface area contributed by atoms with E-state index < -0.39 is 0 Å². The molecule has 4 heteroatoms. The standard InChI is InChI=1S/C11H17N3S/c1-7-8(2)15-11(13-7)14-5-9-3-12-4-10(9)6-14/h9-10,12H,3-6H2,1-2H3. The zero-order chi connectivity index (χ0) is 10.4. The van der Waals surface area contributed by atoms with Gasteiger partial charge in [-0.1, -0.05) is 0 Å². The van der Waals surface area contributed by atoms with Gasteiger partial charge in [-0.15, -0.1) is 11.3 Å². The molecule has 82 valence electrons. The summed E-state index contributed by atoms with van der Waals surface area (Å²) in [5, 5.41) is 4.70. The summed E-state index contributed by atoms with van der Waals surface area (Å²) in [6, 6.07) is 0. The van der Waals surface area contributed by atoms with Gasteiger partial charge in [0.1, 0.15) is 0 Å². The van der Waals surface area contributed by atoms with Crippen LogP contribution < -0.4 is 10.2 Å². The van der Waals surface area contributed by atoms with Crippen LogP contribution in [0.1, 0.15) is 10.6 Å².